The molecular formula is C11H16BrNO2S2. The number of hydrogen-bond acceptors (Lipinski definition) is 3. The highest BCUT2D eigenvalue weighted by molar-refractivity contribution is 9.11. The third-order valence-corrected chi connectivity index (χ3v) is 7.06. The molecule has 0 spiro atoms. The van der Waals surface area contributed by atoms with Crippen LogP contribution in [-0.2, 0) is 10.0 Å². The Morgan fingerprint density at radius 1 is 1.41 bits per heavy atom. The van der Waals surface area contributed by atoms with Crippen LogP contribution < -0.4 is 0 Å². The molecule has 1 aromatic heterocycles. The summed E-state index contributed by atoms with van der Waals surface area (Å²) in [6, 6.07) is 1.89. The summed E-state index contributed by atoms with van der Waals surface area (Å²) in [5.74, 6) is 0. The van der Waals surface area contributed by atoms with Crippen molar-refractivity contribution in [2.75, 3.05) is 7.05 Å². The molecule has 0 N–H and O–H groups in total. The van der Waals surface area contributed by atoms with Gasteiger partial charge in [0.1, 0.15) is 0 Å². The van der Waals surface area contributed by atoms with Gasteiger partial charge in [-0.3, -0.25) is 0 Å². The summed E-state index contributed by atoms with van der Waals surface area (Å²) < 4.78 is 27.4. The largest absolute Gasteiger partial charge is 0.244 e. The van der Waals surface area contributed by atoms with E-state index < -0.39 is 10.0 Å². The van der Waals surface area contributed by atoms with Crippen molar-refractivity contribution in [2.24, 2.45) is 0 Å². The zero-order chi connectivity index (χ0) is 12.6. The van der Waals surface area contributed by atoms with E-state index in [1.165, 1.54) is 11.3 Å². The lowest BCUT2D eigenvalue weighted by Crippen LogP contribution is -2.35. The molecule has 1 fully saturated rings. The second-order valence-electron chi connectivity index (χ2n) is 4.43. The van der Waals surface area contributed by atoms with Crippen LogP contribution in [0.4, 0.5) is 0 Å². The van der Waals surface area contributed by atoms with Crippen LogP contribution in [0.15, 0.2) is 14.7 Å². The first-order valence-electron chi connectivity index (χ1n) is 5.67. The Balaban J connectivity index is 2.32. The molecule has 0 bridgehead atoms. The van der Waals surface area contributed by atoms with Gasteiger partial charge in [0.2, 0.25) is 10.0 Å². The molecule has 1 aromatic rings. The lowest BCUT2D eigenvalue weighted by molar-refractivity contribution is 0.373. The number of rotatable bonds is 3. The van der Waals surface area contributed by atoms with Crippen molar-refractivity contribution in [2.45, 2.75) is 43.5 Å². The summed E-state index contributed by atoms with van der Waals surface area (Å²) in [7, 11) is -1.61. The third-order valence-electron chi connectivity index (χ3n) is 3.34. The van der Waals surface area contributed by atoms with Crippen LogP contribution in [0.3, 0.4) is 0 Å². The standard InChI is InChI=1S/C11H16BrNO2S2/c1-8-10(7-11(12)16-8)17(14,15)13(2)9-5-3-4-6-9/h7,9H,3-6H2,1-2H3. The van der Waals surface area contributed by atoms with Gasteiger partial charge in [-0.05, 0) is 41.8 Å². The van der Waals surface area contributed by atoms with Gasteiger partial charge in [0.15, 0.2) is 0 Å². The second kappa shape index (κ2) is 4.99. The Hall–Kier alpha value is 0.0900. The number of halogens is 1. The van der Waals surface area contributed by atoms with E-state index in [4.69, 9.17) is 0 Å². The Labute approximate surface area is 115 Å². The summed E-state index contributed by atoms with van der Waals surface area (Å²) >= 11 is 4.81. The van der Waals surface area contributed by atoms with Crippen molar-refractivity contribution in [1.82, 2.24) is 4.31 Å². The van der Waals surface area contributed by atoms with Gasteiger partial charge in [-0.25, -0.2) is 8.42 Å². The molecule has 1 aliphatic rings. The van der Waals surface area contributed by atoms with E-state index in [9.17, 15) is 8.42 Å². The van der Waals surface area contributed by atoms with E-state index >= 15 is 0 Å². The van der Waals surface area contributed by atoms with E-state index in [1.54, 1.807) is 17.4 Å². The summed E-state index contributed by atoms with van der Waals surface area (Å²) in [5, 5.41) is 0. The predicted octanol–water partition coefficient (Wildman–Crippen LogP) is 3.38. The Kier molecular flexibility index (Phi) is 3.97. The third kappa shape index (κ3) is 2.59. The first-order valence-corrected chi connectivity index (χ1v) is 8.72. The second-order valence-corrected chi connectivity index (χ2v) is 9.03. The SMILES string of the molecule is Cc1sc(Br)cc1S(=O)(=O)N(C)C1CCCC1. The van der Waals surface area contributed by atoms with Crippen LogP contribution in [-0.4, -0.2) is 25.8 Å². The monoisotopic (exact) mass is 337 g/mol. The Morgan fingerprint density at radius 3 is 2.47 bits per heavy atom. The van der Waals surface area contributed by atoms with Gasteiger partial charge >= 0.3 is 0 Å². The highest BCUT2D eigenvalue weighted by atomic mass is 79.9. The Morgan fingerprint density at radius 2 is 2.00 bits per heavy atom. The van der Waals surface area contributed by atoms with Crippen LogP contribution in [0, 0.1) is 6.92 Å². The first kappa shape index (κ1) is 13.5. The van der Waals surface area contributed by atoms with E-state index in [0.717, 1.165) is 34.3 Å². The number of thiophene rings is 1. The predicted molar refractivity (Wildman–Crippen MR) is 74.0 cm³/mol. The number of nitrogens with zero attached hydrogens (tertiary/aromatic N) is 1. The molecule has 17 heavy (non-hydrogen) atoms. The number of sulfonamides is 1. The summed E-state index contributed by atoms with van der Waals surface area (Å²) in [5.41, 5.74) is 0. The van der Waals surface area contributed by atoms with Gasteiger partial charge in [-0.1, -0.05) is 12.8 Å². The Bertz CT molecular complexity index is 504. The van der Waals surface area contributed by atoms with Crippen molar-refractivity contribution in [3.63, 3.8) is 0 Å². The van der Waals surface area contributed by atoms with Crippen LogP contribution in [0.5, 0.6) is 0 Å². The summed E-state index contributed by atoms with van der Waals surface area (Å²) in [4.78, 5) is 1.30. The van der Waals surface area contributed by atoms with E-state index in [1.807, 2.05) is 6.92 Å². The molecule has 0 saturated heterocycles. The van der Waals surface area contributed by atoms with Crippen LogP contribution in [0.25, 0.3) is 0 Å². The van der Waals surface area contributed by atoms with Crippen molar-refractivity contribution in [1.29, 1.82) is 0 Å². The zero-order valence-electron chi connectivity index (χ0n) is 9.94. The normalized spacial score (nSPS) is 18.1. The van der Waals surface area contributed by atoms with Gasteiger partial charge in [0.05, 0.1) is 8.68 Å². The molecule has 2 rings (SSSR count). The molecule has 0 radical (unpaired) electrons. The minimum Gasteiger partial charge on any atom is -0.207 e. The fourth-order valence-corrected chi connectivity index (χ4v) is 6.10. The van der Waals surface area contributed by atoms with Crippen molar-refractivity contribution < 1.29 is 8.42 Å². The maximum absolute atomic E-state index is 12.5. The average molecular weight is 338 g/mol. The van der Waals surface area contributed by atoms with Crippen LogP contribution >= 0.6 is 27.3 Å². The molecule has 0 unspecified atom stereocenters. The summed E-state index contributed by atoms with van der Waals surface area (Å²) in [6.07, 6.45) is 4.24. The van der Waals surface area contributed by atoms with Gasteiger partial charge in [0.25, 0.3) is 0 Å². The molecule has 96 valence electrons. The van der Waals surface area contributed by atoms with Crippen molar-refractivity contribution in [3.8, 4) is 0 Å². The molecule has 1 saturated carbocycles. The molecule has 3 nitrogen and oxygen atoms in total. The van der Waals surface area contributed by atoms with Gasteiger partial charge in [-0.2, -0.15) is 4.31 Å². The van der Waals surface area contributed by atoms with Crippen LogP contribution in [0.1, 0.15) is 30.6 Å². The van der Waals surface area contributed by atoms with Crippen molar-refractivity contribution in [3.05, 3.63) is 14.7 Å². The van der Waals surface area contributed by atoms with E-state index in [2.05, 4.69) is 15.9 Å². The quantitative estimate of drug-likeness (QED) is 0.847. The number of aryl methyl sites for hydroxylation is 1. The maximum atomic E-state index is 12.5. The van der Waals surface area contributed by atoms with Gasteiger partial charge in [0, 0.05) is 18.0 Å². The van der Waals surface area contributed by atoms with Gasteiger partial charge < -0.3 is 0 Å². The smallest absolute Gasteiger partial charge is 0.207 e. The number of hydrogen-bond donors (Lipinski definition) is 0. The lowest BCUT2D eigenvalue weighted by Gasteiger charge is -2.23. The lowest BCUT2D eigenvalue weighted by atomic mass is 10.3. The first-order chi connectivity index (χ1) is 7.93. The zero-order valence-corrected chi connectivity index (χ0v) is 13.2. The molecule has 0 aromatic carbocycles. The molecule has 1 aliphatic carbocycles. The molecule has 1 heterocycles. The van der Waals surface area contributed by atoms with Gasteiger partial charge in [-0.15, -0.1) is 11.3 Å². The molecule has 0 atom stereocenters. The van der Waals surface area contributed by atoms with E-state index in [0.29, 0.717) is 4.90 Å². The molecular weight excluding hydrogens is 322 g/mol. The average Bonchev–Trinajstić information content (AvgIpc) is 2.86. The maximum Gasteiger partial charge on any atom is 0.244 e. The van der Waals surface area contributed by atoms with E-state index in [-0.39, 0.29) is 6.04 Å². The molecule has 6 heteroatoms. The highest BCUT2D eigenvalue weighted by Crippen LogP contribution is 2.33. The minimum atomic E-state index is -3.32. The molecule has 0 amide bonds. The molecule has 0 aliphatic heterocycles. The minimum absolute atomic E-state index is 0.179. The van der Waals surface area contributed by atoms with Crippen LogP contribution in [0.2, 0.25) is 0 Å². The fourth-order valence-electron chi connectivity index (χ4n) is 2.31. The highest BCUT2D eigenvalue weighted by Gasteiger charge is 2.31. The van der Waals surface area contributed by atoms with Crippen molar-refractivity contribution >= 4 is 37.3 Å². The fraction of sp³-hybridized carbons (Fsp3) is 0.636. The summed E-state index contributed by atoms with van der Waals surface area (Å²) in [6.45, 7) is 1.85. The topological polar surface area (TPSA) is 37.4 Å².